The van der Waals surface area contributed by atoms with E-state index in [0.29, 0.717) is 18.7 Å². The first kappa shape index (κ1) is 23.1. The van der Waals surface area contributed by atoms with Crippen molar-refractivity contribution in [3.8, 4) is 0 Å². The molecule has 0 bridgehead atoms. The van der Waals surface area contributed by atoms with Crippen molar-refractivity contribution in [3.63, 3.8) is 0 Å². The Morgan fingerprint density at radius 1 is 1.10 bits per heavy atom. The van der Waals surface area contributed by atoms with Gasteiger partial charge in [-0.05, 0) is 43.2 Å². The molecule has 0 radical (unpaired) electrons. The van der Waals surface area contributed by atoms with Crippen molar-refractivity contribution >= 4 is 27.3 Å². The Bertz CT molecular complexity index is 969. The Labute approximate surface area is 185 Å². The molecule has 1 unspecified atom stereocenters. The number of hydrogen-bond acceptors (Lipinski definition) is 5. The van der Waals surface area contributed by atoms with Crippen LogP contribution in [0, 0.1) is 6.92 Å². The fourth-order valence-electron chi connectivity index (χ4n) is 3.71. The molecule has 0 saturated carbocycles. The molecule has 0 aromatic heterocycles. The van der Waals surface area contributed by atoms with E-state index < -0.39 is 16.1 Å². The third kappa shape index (κ3) is 5.98. The highest BCUT2D eigenvalue weighted by Gasteiger charge is 2.31. The standard InChI is InChI=1S/C23H31N3O4S/c1-4-22(26(31(3,28)29)21-9-5-18(2)6-10-21)23(27)24-17-19-7-11-20(12-8-19)25-13-15-30-16-14-25/h5-12,22H,4,13-17H2,1-3H3,(H,24,27). The molecule has 1 saturated heterocycles. The largest absolute Gasteiger partial charge is 0.378 e. The molecule has 8 heteroatoms. The second kappa shape index (κ2) is 10.2. The van der Waals surface area contributed by atoms with Crippen molar-refractivity contribution in [2.45, 2.75) is 32.9 Å². The van der Waals surface area contributed by atoms with Gasteiger partial charge in [0.25, 0.3) is 0 Å². The number of carbonyl (C=O) groups is 1. The molecule has 1 aliphatic heterocycles. The topological polar surface area (TPSA) is 79.0 Å². The summed E-state index contributed by atoms with van der Waals surface area (Å²) >= 11 is 0. The zero-order valence-corrected chi connectivity index (χ0v) is 19.2. The average Bonchev–Trinajstić information content (AvgIpc) is 2.77. The van der Waals surface area contributed by atoms with E-state index >= 15 is 0 Å². The number of nitrogens with zero attached hydrogens (tertiary/aromatic N) is 2. The molecule has 31 heavy (non-hydrogen) atoms. The van der Waals surface area contributed by atoms with Gasteiger partial charge in [-0.3, -0.25) is 9.10 Å². The summed E-state index contributed by atoms with van der Waals surface area (Å²) in [7, 11) is -3.63. The van der Waals surface area contributed by atoms with Gasteiger partial charge in [-0.25, -0.2) is 8.42 Å². The van der Waals surface area contributed by atoms with Crippen LogP contribution in [-0.4, -0.2) is 52.9 Å². The van der Waals surface area contributed by atoms with Crippen molar-refractivity contribution in [2.24, 2.45) is 0 Å². The van der Waals surface area contributed by atoms with Crippen LogP contribution in [0.4, 0.5) is 11.4 Å². The van der Waals surface area contributed by atoms with Crippen LogP contribution in [0.3, 0.4) is 0 Å². The first-order valence-electron chi connectivity index (χ1n) is 10.5. The molecule has 2 aromatic carbocycles. The van der Waals surface area contributed by atoms with E-state index in [1.165, 1.54) is 4.31 Å². The van der Waals surface area contributed by atoms with Gasteiger partial charge in [0.15, 0.2) is 0 Å². The van der Waals surface area contributed by atoms with E-state index in [2.05, 4.69) is 10.2 Å². The maximum Gasteiger partial charge on any atom is 0.244 e. The number of hydrogen-bond donors (Lipinski definition) is 1. The van der Waals surface area contributed by atoms with E-state index in [9.17, 15) is 13.2 Å². The lowest BCUT2D eigenvalue weighted by Crippen LogP contribution is -2.49. The summed E-state index contributed by atoms with van der Waals surface area (Å²) in [6, 6.07) is 14.4. The molecule has 1 amide bonds. The van der Waals surface area contributed by atoms with Crippen LogP contribution in [0.25, 0.3) is 0 Å². The highest BCUT2D eigenvalue weighted by molar-refractivity contribution is 7.92. The fourth-order valence-corrected chi connectivity index (χ4v) is 4.92. The SMILES string of the molecule is CCC(C(=O)NCc1ccc(N2CCOCC2)cc1)N(c1ccc(C)cc1)S(C)(=O)=O. The van der Waals surface area contributed by atoms with Crippen molar-refractivity contribution in [1.82, 2.24) is 5.32 Å². The summed E-state index contributed by atoms with van der Waals surface area (Å²) in [5.41, 5.74) is 3.61. The molecular weight excluding hydrogens is 414 g/mol. The molecule has 0 spiro atoms. The predicted molar refractivity (Wildman–Crippen MR) is 124 cm³/mol. The van der Waals surface area contributed by atoms with Crippen molar-refractivity contribution in [1.29, 1.82) is 0 Å². The zero-order valence-electron chi connectivity index (χ0n) is 18.4. The molecule has 7 nitrogen and oxygen atoms in total. The van der Waals surface area contributed by atoms with Crippen molar-refractivity contribution < 1.29 is 17.9 Å². The van der Waals surface area contributed by atoms with Gasteiger partial charge in [0.1, 0.15) is 6.04 Å². The van der Waals surface area contributed by atoms with E-state index in [4.69, 9.17) is 4.74 Å². The van der Waals surface area contributed by atoms with Gasteiger partial charge in [0, 0.05) is 25.3 Å². The number of aryl methyl sites for hydroxylation is 1. The molecule has 1 N–H and O–H groups in total. The summed E-state index contributed by atoms with van der Waals surface area (Å²) in [5.74, 6) is -0.314. The second-order valence-corrected chi connectivity index (χ2v) is 9.66. The van der Waals surface area contributed by atoms with Crippen LogP contribution >= 0.6 is 0 Å². The van der Waals surface area contributed by atoms with Gasteiger partial charge in [0.2, 0.25) is 15.9 Å². The lowest BCUT2D eigenvalue weighted by molar-refractivity contribution is -0.122. The third-order valence-electron chi connectivity index (χ3n) is 5.40. The first-order valence-corrected chi connectivity index (χ1v) is 12.4. The van der Waals surface area contributed by atoms with Crippen LogP contribution in [0.15, 0.2) is 48.5 Å². The molecule has 3 rings (SSSR count). The van der Waals surface area contributed by atoms with Gasteiger partial charge >= 0.3 is 0 Å². The molecule has 1 aliphatic rings. The minimum Gasteiger partial charge on any atom is -0.378 e. The quantitative estimate of drug-likeness (QED) is 0.676. The highest BCUT2D eigenvalue weighted by atomic mass is 32.2. The highest BCUT2D eigenvalue weighted by Crippen LogP contribution is 2.23. The monoisotopic (exact) mass is 445 g/mol. The minimum absolute atomic E-state index is 0.314. The number of nitrogens with one attached hydrogen (secondary N) is 1. The lowest BCUT2D eigenvalue weighted by atomic mass is 10.1. The van der Waals surface area contributed by atoms with Crippen molar-refractivity contribution in [2.75, 3.05) is 41.8 Å². The van der Waals surface area contributed by atoms with E-state index in [-0.39, 0.29) is 5.91 Å². The summed E-state index contributed by atoms with van der Waals surface area (Å²) < 4.78 is 31.6. The van der Waals surface area contributed by atoms with E-state index in [1.807, 2.05) is 50.2 Å². The minimum atomic E-state index is -3.63. The molecule has 1 fully saturated rings. The number of anilines is 2. The number of sulfonamides is 1. The van der Waals surface area contributed by atoms with Crippen LogP contribution in [0.2, 0.25) is 0 Å². The Morgan fingerprint density at radius 3 is 2.26 bits per heavy atom. The molecule has 2 aromatic rings. The smallest absolute Gasteiger partial charge is 0.244 e. The number of ether oxygens (including phenoxy) is 1. The maximum absolute atomic E-state index is 13.0. The zero-order chi connectivity index (χ0) is 22.4. The number of carbonyl (C=O) groups excluding carboxylic acids is 1. The number of benzene rings is 2. The van der Waals surface area contributed by atoms with Crippen LogP contribution in [0.5, 0.6) is 0 Å². The van der Waals surface area contributed by atoms with Crippen LogP contribution in [0.1, 0.15) is 24.5 Å². The van der Waals surface area contributed by atoms with Gasteiger partial charge in [-0.2, -0.15) is 0 Å². The third-order valence-corrected chi connectivity index (χ3v) is 6.58. The van der Waals surface area contributed by atoms with Gasteiger partial charge < -0.3 is 15.0 Å². The lowest BCUT2D eigenvalue weighted by Gasteiger charge is -2.30. The van der Waals surface area contributed by atoms with Gasteiger partial charge in [0.05, 0.1) is 25.2 Å². The summed E-state index contributed by atoms with van der Waals surface area (Å²) in [4.78, 5) is 15.2. The maximum atomic E-state index is 13.0. The first-order chi connectivity index (χ1) is 14.8. The summed E-state index contributed by atoms with van der Waals surface area (Å²) in [6.07, 6.45) is 1.50. The normalized spacial score (nSPS) is 15.4. The fraction of sp³-hybridized carbons (Fsp3) is 0.435. The van der Waals surface area contributed by atoms with E-state index in [1.54, 1.807) is 12.1 Å². The summed E-state index contributed by atoms with van der Waals surface area (Å²) in [5, 5.41) is 2.90. The van der Waals surface area contributed by atoms with Crippen molar-refractivity contribution in [3.05, 3.63) is 59.7 Å². The number of rotatable bonds is 8. The number of amides is 1. The van der Waals surface area contributed by atoms with Gasteiger partial charge in [-0.15, -0.1) is 0 Å². The molecule has 168 valence electrons. The Morgan fingerprint density at radius 2 is 1.71 bits per heavy atom. The molecular formula is C23H31N3O4S. The van der Waals surface area contributed by atoms with Crippen LogP contribution in [-0.2, 0) is 26.1 Å². The van der Waals surface area contributed by atoms with E-state index in [0.717, 1.165) is 49.4 Å². The molecule has 0 aliphatic carbocycles. The Kier molecular flexibility index (Phi) is 7.56. The second-order valence-electron chi connectivity index (χ2n) is 7.80. The average molecular weight is 446 g/mol. The predicted octanol–water partition coefficient (Wildman–Crippen LogP) is 2.69. The molecule has 1 atom stereocenters. The molecule has 1 heterocycles. The van der Waals surface area contributed by atoms with Gasteiger partial charge in [-0.1, -0.05) is 36.8 Å². The summed E-state index contributed by atoms with van der Waals surface area (Å²) in [6.45, 7) is 7.28. The Hall–Kier alpha value is -2.58. The number of morpholine rings is 1. The van der Waals surface area contributed by atoms with Crippen LogP contribution < -0.4 is 14.5 Å². The Balaban J connectivity index is 1.68.